The first-order valence-electron chi connectivity index (χ1n) is 5.84. The Labute approximate surface area is 97.4 Å². The molecule has 0 atom stereocenters. The fraction of sp³-hybridized carbons (Fsp3) is 0.267. The lowest BCUT2D eigenvalue weighted by Gasteiger charge is -1.99. The highest BCUT2D eigenvalue weighted by Gasteiger charge is 2.00. The number of rotatable bonds is 4. The number of nitrogens with zero attached hydrogens (tertiary/aromatic N) is 1. The third-order valence-corrected chi connectivity index (χ3v) is 2.73. The van der Waals surface area contributed by atoms with Crippen molar-refractivity contribution in [1.29, 1.82) is 0 Å². The van der Waals surface area contributed by atoms with Gasteiger partial charge in [-0.1, -0.05) is 30.3 Å². The first-order valence-corrected chi connectivity index (χ1v) is 5.84. The first kappa shape index (κ1) is 10.9. The van der Waals surface area contributed by atoms with Crippen LogP contribution in [-0.4, -0.2) is 0 Å². The minimum Gasteiger partial charge on any atom is -0.205 e. The van der Waals surface area contributed by atoms with Crippen LogP contribution in [0.25, 0.3) is 0 Å². The van der Waals surface area contributed by atoms with Crippen molar-refractivity contribution in [2.45, 2.75) is 26.3 Å². The monoisotopic (exact) mass is 212 g/mol. The van der Waals surface area contributed by atoms with E-state index in [-0.39, 0.29) is 0 Å². The minimum absolute atomic E-state index is 1.09. The topological polar surface area (TPSA) is 3.88 Å². The summed E-state index contributed by atoms with van der Waals surface area (Å²) in [6.07, 6.45) is 6.68. The van der Waals surface area contributed by atoms with E-state index in [9.17, 15) is 0 Å². The van der Waals surface area contributed by atoms with Gasteiger partial charge in [0, 0.05) is 18.1 Å². The molecule has 0 N–H and O–H groups in total. The second-order valence-electron chi connectivity index (χ2n) is 4.21. The molecule has 2 aromatic rings. The molecule has 0 fully saturated rings. The normalized spacial score (nSPS) is 10.3. The van der Waals surface area contributed by atoms with Crippen LogP contribution in [0.4, 0.5) is 0 Å². The molecule has 0 saturated carbocycles. The first-order chi connectivity index (χ1) is 7.84. The van der Waals surface area contributed by atoms with Gasteiger partial charge in [0.1, 0.15) is 6.54 Å². The van der Waals surface area contributed by atoms with Gasteiger partial charge in [0.25, 0.3) is 0 Å². The van der Waals surface area contributed by atoms with Gasteiger partial charge in [0.2, 0.25) is 0 Å². The Balaban J connectivity index is 1.85. The predicted molar refractivity (Wildman–Crippen MR) is 66.1 cm³/mol. The zero-order valence-electron chi connectivity index (χ0n) is 9.76. The van der Waals surface area contributed by atoms with E-state index < -0.39 is 0 Å². The Morgan fingerprint density at radius 1 is 1.00 bits per heavy atom. The van der Waals surface area contributed by atoms with E-state index in [0.29, 0.717) is 0 Å². The Hall–Kier alpha value is -1.63. The van der Waals surface area contributed by atoms with E-state index in [2.05, 4.69) is 66.3 Å². The van der Waals surface area contributed by atoms with Crippen molar-refractivity contribution in [3.05, 3.63) is 66.0 Å². The van der Waals surface area contributed by atoms with Crippen LogP contribution in [0.15, 0.2) is 54.9 Å². The number of aryl methyl sites for hydroxylation is 3. The molecule has 1 nitrogen and oxygen atoms in total. The molecule has 82 valence electrons. The van der Waals surface area contributed by atoms with Gasteiger partial charge < -0.3 is 0 Å². The number of hydrogen-bond acceptors (Lipinski definition) is 0. The Morgan fingerprint density at radius 2 is 1.81 bits per heavy atom. The van der Waals surface area contributed by atoms with Crippen LogP contribution in [0, 0.1) is 6.92 Å². The lowest BCUT2D eigenvalue weighted by atomic mass is 10.1. The number of aromatic nitrogens is 1. The predicted octanol–water partition coefficient (Wildman–Crippen LogP) is 2.92. The van der Waals surface area contributed by atoms with E-state index in [1.165, 1.54) is 17.5 Å². The summed E-state index contributed by atoms with van der Waals surface area (Å²) in [5.74, 6) is 0. The molecule has 0 spiro atoms. The largest absolute Gasteiger partial charge is 0.205 e. The molecule has 0 aliphatic heterocycles. The van der Waals surface area contributed by atoms with Crippen LogP contribution in [-0.2, 0) is 13.0 Å². The summed E-state index contributed by atoms with van der Waals surface area (Å²) in [4.78, 5) is 0. The SMILES string of the molecule is Cc1ccc[n+](CCCc2ccccc2)c1. The molecule has 1 heterocycles. The second kappa shape index (κ2) is 5.45. The Kier molecular flexibility index (Phi) is 3.71. The third-order valence-electron chi connectivity index (χ3n) is 2.73. The number of pyridine rings is 1. The highest BCUT2D eigenvalue weighted by Crippen LogP contribution is 2.02. The molecule has 0 unspecified atom stereocenters. The van der Waals surface area contributed by atoms with Crippen LogP contribution >= 0.6 is 0 Å². The molecule has 2 rings (SSSR count). The van der Waals surface area contributed by atoms with Crippen molar-refractivity contribution in [1.82, 2.24) is 0 Å². The van der Waals surface area contributed by atoms with Crippen LogP contribution in [0.1, 0.15) is 17.5 Å². The van der Waals surface area contributed by atoms with E-state index in [0.717, 1.165) is 13.0 Å². The standard InChI is InChI=1S/C15H18N/c1-14-7-5-11-16(13-14)12-6-10-15-8-3-2-4-9-15/h2-5,7-9,11,13H,6,10,12H2,1H3/q+1. The van der Waals surface area contributed by atoms with E-state index >= 15 is 0 Å². The highest BCUT2D eigenvalue weighted by molar-refractivity contribution is 5.14. The molecule has 1 heteroatoms. The van der Waals surface area contributed by atoms with Gasteiger partial charge in [0.15, 0.2) is 12.4 Å². The molecule has 0 saturated heterocycles. The smallest absolute Gasteiger partial charge is 0.171 e. The molecule has 0 radical (unpaired) electrons. The van der Waals surface area contributed by atoms with Gasteiger partial charge in [-0.25, -0.2) is 4.57 Å². The maximum Gasteiger partial charge on any atom is 0.171 e. The highest BCUT2D eigenvalue weighted by atomic mass is 14.9. The summed E-state index contributed by atoms with van der Waals surface area (Å²) >= 11 is 0. The molecular weight excluding hydrogens is 194 g/mol. The Bertz CT molecular complexity index is 434. The lowest BCUT2D eigenvalue weighted by molar-refractivity contribution is -0.697. The van der Waals surface area contributed by atoms with Crippen LogP contribution < -0.4 is 4.57 Å². The molecule has 16 heavy (non-hydrogen) atoms. The van der Waals surface area contributed by atoms with Crippen molar-refractivity contribution in [2.24, 2.45) is 0 Å². The van der Waals surface area contributed by atoms with Crippen LogP contribution in [0.5, 0.6) is 0 Å². The molecule has 1 aromatic carbocycles. The quantitative estimate of drug-likeness (QED) is 0.686. The van der Waals surface area contributed by atoms with Gasteiger partial charge in [-0.3, -0.25) is 0 Å². The Morgan fingerprint density at radius 3 is 2.56 bits per heavy atom. The maximum absolute atomic E-state index is 2.26. The summed E-state index contributed by atoms with van der Waals surface area (Å²) in [5, 5.41) is 0. The van der Waals surface area contributed by atoms with Gasteiger partial charge in [0.05, 0.1) is 0 Å². The zero-order valence-corrected chi connectivity index (χ0v) is 9.76. The van der Waals surface area contributed by atoms with Crippen molar-refractivity contribution in [3.8, 4) is 0 Å². The van der Waals surface area contributed by atoms with Gasteiger partial charge >= 0.3 is 0 Å². The fourth-order valence-corrected chi connectivity index (χ4v) is 1.90. The average molecular weight is 212 g/mol. The van der Waals surface area contributed by atoms with Crippen molar-refractivity contribution in [2.75, 3.05) is 0 Å². The van der Waals surface area contributed by atoms with E-state index in [1.807, 2.05) is 0 Å². The lowest BCUT2D eigenvalue weighted by Crippen LogP contribution is -2.33. The number of benzene rings is 1. The molecule has 0 bridgehead atoms. The molecular formula is C15H18N+. The average Bonchev–Trinajstić information content (AvgIpc) is 2.30. The van der Waals surface area contributed by atoms with Crippen molar-refractivity contribution in [3.63, 3.8) is 0 Å². The molecule has 0 amide bonds. The van der Waals surface area contributed by atoms with Crippen molar-refractivity contribution < 1.29 is 4.57 Å². The summed E-state index contributed by atoms with van der Waals surface area (Å²) in [5.41, 5.74) is 2.75. The van der Waals surface area contributed by atoms with Crippen LogP contribution in [0.3, 0.4) is 0 Å². The van der Waals surface area contributed by atoms with Gasteiger partial charge in [-0.05, 0) is 25.0 Å². The minimum atomic E-state index is 1.09. The second-order valence-corrected chi connectivity index (χ2v) is 4.21. The summed E-state index contributed by atoms with van der Waals surface area (Å²) in [6, 6.07) is 14.9. The molecule has 0 aliphatic rings. The number of hydrogen-bond donors (Lipinski definition) is 0. The van der Waals surface area contributed by atoms with E-state index in [1.54, 1.807) is 0 Å². The molecule has 0 aliphatic carbocycles. The van der Waals surface area contributed by atoms with E-state index in [4.69, 9.17) is 0 Å². The zero-order chi connectivity index (χ0) is 11.2. The summed E-state index contributed by atoms with van der Waals surface area (Å²) in [7, 11) is 0. The van der Waals surface area contributed by atoms with Crippen molar-refractivity contribution >= 4 is 0 Å². The summed E-state index contributed by atoms with van der Waals surface area (Å²) in [6.45, 7) is 3.23. The summed E-state index contributed by atoms with van der Waals surface area (Å²) < 4.78 is 2.26. The molecule has 1 aromatic heterocycles. The van der Waals surface area contributed by atoms with Crippen LogP contribution in [0.2, 0.25) is 0 Å². The van der Waals surface area contributed by atoms with Gasteiger partial charge in [-0.2, -0.15) is 0 Å². The fourth-order valence-electron chi connectivity index (χ4n) is 1.90. The third kappa shape index (κ3) is 3.20. The van der Waals surface area contributed by atoms with Gasteiger partial charge in [-0.15, -0.1) is 0 Å². The maximum atomic E-state index is 2.26.